The van der Waals surface area contributed by atoms with Crippen LogP contribution in [0.15, 0.2) is 41.9 Å². The lowest BCUT2D eigenvalue weighted by atomic mass is 10.1. The third-order valence-corrected chi connectivity index (χ3v) is 3.96. The third-order valence-electron chi connectivity index (χ3n) is 3.96. The second-order valence-electron chi connectivity index (χ2n) is 5.68. The van der Waals surface area contributed by atoms with Crippen LogP contribution in [0.2, 0.25) is 0 Å². The van der Waals surface area contributed by atoms with E-state index in [4.69, 9.17) is 0 Å². The topological polar surface area (TPSA) is 109 Å². The van der Waals surface area contributed by atoms with Gasteiger partial charge in [0.1, 0.15) is 18.5 Å². The van der Waals surface area contributed by atoms with Gasteiger partial charge in [-0.25, -0.2) is 4.98 Å². The summed E-state index contributed by atoms with van der Waals surface area (Å²) in [6.07, 6.45) is 4.13. The number of halogens is 1. The van der Waals surface area contributed by atoms with E-state index in [2.05, 4.69) is 60.1 Å². The van der Waals surface area contributed by atoms with Crippen molar-refractivity contribution >= 4 is 29.9 Å². The number of nitrogens with zero attached hydrogens (tertiary/aromatic N) is 6. The fourth-order valence-corrected chi connectivity index (χ4v) is 2.61. The molecule has 9 nitrogen and oxygen atoms in total. The lowest BCUT2D eigenvalue weighted by Crippen LogP contribution is -2.38. The first-order valence-electron chi connectivity index (χ1n) is 8.56. The van der Waals surface area contributed by atoms with Crippen molar-refractivity contribution in [3.63, 3.8) is 0 Å². The number of rotatable bonds is 7. The summed E-state index contributed by atoms with van der Waals surface area (Å²) >= 11 is 0. The zero-order chi connectivity index (χ0) is 18.2. The van der Waals surface area contributed by atoms with Gasteiger partial charge < -0.3 is 15.2 Å². The molecule has 0 aliphatic carbocycles. The molecule has 0 unspecified atom stereocenters. The zero-order valence-electron chi connectivity index (χ0n) is 15.4. The summed E-state index contributed by atoms with van der Waals surface area (Å²) in [6.45, 7) is 4.26. The fourth-order valence-electron chi connectivity index (χ4n) is 2.61. The Morgan fingerprint density at radius 2 is 2.19 bits per heavy atom. The van der Waals surface area contributed by atoms with Gasteiger partial charge in [0, 0.05) is 38.7 Å². The molecule has 0 bridgehead atoms. The molecule has 0 saturated carbocycles. The molecule has 27 heavy (non-hydrogen) atoms. The van der Waals surface area contributed by atoms with Gasteiger partial charge >= 0.3 is 0 Å². The molecule has 0 saturated heterocycles. The van der Waals surface area contributed by atoms with Crippen LogP contribution in [0.1, 0.15) is 18.3 Å². The molecule has 2 heterocycles. The molecule has 0 amide bonds. The summed E-state index contributed by atoms with van der Waals surface area (Å²) in [4.78, 5) is 8.44. The predicted molar refractivity (Wildman–Crippen MR) is 115 cm³/mol. The van der Waals surface area contributed by atoms with Crippen molar-refractivity contribution in [3.05, 3.63) is 48.3 Å². The zero-order valence-corrected chi connectivity index (χ0v) is 17.7. The highest BCUT2D eigenvalue weighted by Crippen LogP contribution is 2.15. The van der Waals surface area contributed by atoms with E-state index in [9.17, 15) is 0 Å². The summed E-state index contributed by atoms with van der Waals surface area (Å²) in [5.41, 5.74) is 2.14. The number of hydrogen-bond acceptors (Lipinski definition) is 5. The molecular weight excluding hydrogens is 457 g/mol. The maximum absolute atomic E-state index is 4.26. The summed E-state index contributed by atoms with van der Waals surface area (Å²) < 4.78 is 2.04. The van der Waals surface area contributed by atoms with Crippen molar-refractivity contribution in [1.82, 2.24) is 40.6 Å². The monoisotopic (exact) mass is 481 g/mol. The first-order chi connectivity index (χ1) is 12.8. The average molecular weight is 481 g/mol. The third kappa shape index (κ3) is 5.74. The largest absolute Gasteiger partial charge is 0.355 e. The van der Waals surface area contributed by atoms with Crippen LogP contribution >= 0.6 is 24.0 Å². The lowest BCUT2D eigenvalue weighted by Gasteiger charge is -2.13. The molecule has 0 fully saturated rings. The SMILES string of the molecule is CCc1nncn1CCNC(=NC)NCc1cccc(-c2ncn[nH]2)c1.I. The van der Waals surface area contributed by atoms with Gasteiger partial charge in [-0.1, -0.05) is 25.1 Å². The summed E-state index contributed by atoms with van der Waals surface area (Å²) in [7, 11) is 1.76. The van der Waals surface area contributed by atoms with Gasteiger partial charge in [-0.3, -0.25) is 10.1 Å². The van der Waals surface area contributed by atoms with Gasteiger partial charge in [0.05, 0.1) is 0 Å². The van der Waals surface area contributed by atoms with Crippen molar-refractivity contribution in [2.45, 2.75) is 26.4 Å². The molecule has 0 aliphatic heterocycles. The molecule has 144 valence electrons. The van der Waals surface area contributed by atoms with Crippen molar-refractivity contribution in [1.29, 1.82) is 0 Å². The number of aromatic amines is 1. The summed E-state index contributed by atoms with van der Waals surface area (Å²) in [5.74, 6) is 2.50. The van der Waals surface area contributed by atoms with Crippen LogP contribution in [0.4, 0.5) is 0 Å². The van der Waals surface area contributed by atoms with E-state index >= 15 is 0 Å². The van der Waals surface area contributed by atoms with E-state index in [0.29, 0.717) is 6.54 Å². The van der Waals surface area contributed by atoms with Crippen molar-refractivity contribution in [2.24, 2.45) is 4.99 Å². The highest BCUT2D eigenvalue weighted by Gasteiger charge is 2.04. The second-order valence-corrected chi connectivity index (χ2v) is 5.68. The van der Waals surface area contributed by atoms with Crippen molar-refractivity contribution in [2.75, 3.05) is 13.6 Å². The Hall–Kier alpha value is -2.50. The molecule has 10 heteroatoms. The first-order valence-corrected chi connectivity index (χ1v) is 8.56. The van der Waals surface area contributed by atoms with Crippen molar-refractivity contribution < 1.29 is 0 Å². The molecule has 3 rings (SSSR count). The molecule has 0 radical (unpaired) electrons. The number of aryl methyl sites for hydroxylation is 1. The van der Waals surface area contributed by atoms with Gasteiger partial charge in [-0.05, 0) is 11.6 Å². The molecule has 3 N–H and O–H groups in total. The smallest absolute Gasteiger partial charge is 0.191 e. The summed E-state index contributed by atoms with van der Waals surface area (Å²) in [6, 6.07) is 8.14. The molecule has 0 spiro atoms. The standard InChI is InChI=1S/C17H23N9.HI/c1-3-15-24-23-12-26(15)8-7-19-17(18-2)20-10-13-5-4-6-14(9-13)16-21-11-22-25-16;/h4-6,9,11-12H,3,7-8,10H2,1-2H3,(H2,18,19,20)(H,21,22,25);1H. The maximum atomic E-state index is 4.26. The number of aromatic nitrogens is 6. The van der Waals surface area contributed by atoms with E-state index in [-0.39, 0.29) is 24.0 Å². The van der Waals surface area contributed by atoms with E-state index in [0.717, 1.165) is 48.2 Å². The molecule has 1 aromatic carbocycles. The number of benzene rings is 1. The normalized spacial score (nSPS) is 11.1. The van der Waals surface area contributed by atoms with Crippen molar-refractivity contribution in [3.8, 4) is 11.4 Å². The number of hydrogen-bond donors (Lipinski definition) is 3. The quantitative estimate of drug-likeness (QED) is 0.269. The van der Waals surface area contributed by atoms with Crippen LogP contribution in [0.3, 0.4) is 0 Å². The van der Waals surface area contributed by atoms with Gasteiger partial charge in [0.2, 0.25) is 0 Å². The molecule has 0 aliphatic rings. The Bertz CT molecular complexity index is 842. The van der Waals surface area contributed by atoms with Crippen LogP contribution in [0, 0.1) is 0 Å². The van der Waals surface area contributed by atoms with Crippen LogP contribution in [0.5, 0.6) is 0 Å². The van der Waals surface area contributed by atoms with Crippen LogP contribution in [-0.2, 0) is 19.5 Å². The van der Waals surface area contributed by atoms with E-state index in [1.54, 1.807) is 13.4 Å². The average Bonchev–Trinajstić information content (AvgIpc) is 3.36. The van der Waals surface area contributed by atoms with Gasteiger partial charge in [-0.2, -0.15) is 5.10 Å². The Labute approximate surface area is 175 Å². The Morgan fingerprint density at radius 3 is 2.93 bits per heavy atom. The first kappa shape index (κ1) is 20.8. The molecular formula is C17H24IN9. The van der Waals surface area contributed by atoms with Gasteiger partial charge in [-0.15, -0.1) is 34.2 Å². The highest BCUT2D eigenvalue weighted by molar-refractivity contribution is 14.0. The Balaban J connectivity index is 0.00000261. The minimum absolute atomic E-state index is 0. The Morgan fingerprint density at radius 1 is 1.30 bits per heavy atom. The number of nitrogens with one attached hydrogen (secondary N) is 3. The van der Waals surface area contributed by atoms with E-state index < -0.39 is 0 Å². The van der Waals surface area contributed by atoms with Crippen LogP contribution < -0.4 is 10.6 Å². The minimum atomic E-state index is 0. The predicted octanol–water partition coefficient (Wildman–Crippen LogP) is 1.61. The fraction of sp³-hybridized carbons (Fsp3) is 0.353. The van der Waals surface area contributed by atoms with Crippen LogP contribution in [-0.4, -0.2) is 49.5 Å². The minimum Gasteiger partial charge on any atom is -0.355 e. The van der Waals surface area contributed by atoms with E-state index in [1.807, 2.05) is 16.7 Å². The van der Waals surface area contributed by atoms with Gasteiger partial charge in [0.25, 0.3) is 0 Å². The van der Waals surface area contributed by atoms with Gasteiger partial charge in [0.15, 0.2) is 11.8 Å². The Kier molecular flexibility index (Phi) is 8.17. The molecule has 2 aromatic heterocycles. The van der Waals surface area contributed by atoms with Crippen LogP contribution in [0.25, 0.3) is 11.4 Å². The maximum Gasteiger partial charge on any atom is 0.191 e. The molecule has 0 atom stereocenters. The second kappa shape index (κ2) is 10.6. The lowest BCUT2D eigenvalue weighted by molar-refractivity contribution is 0.632. The highest BCUT2D eigenvalue weighted by atomic mass is 127. The molecule has 3 aromatic rings. The number of aliphatic imine (C=N–C) groups is 1. The summed E-state index contributed by atoms with van der Waals surface area (Å²) in [5, 5.41) is 21.4. The van der Waals surface area contributed by atoms with E-state index in [1.165, 1.54) is 6.33 Å². The number of H-pyrrole nitrogens is 1. The number of guanidine groups is 1.